The molecule has 2 unspecified atom stereocenters. The van der Waals surface area contributed by atoms with Gasteiger partial charge in [-0.2, -0.15) is 0 Å². The summed E-state index contributed by atoms with van der Waals surface area (Å²) in [6.45, 7) is 33.2. The fourth-order valence-corrected chi connectivity index (χ4v) is 40.8. The first-order valence-electron chi connectivity index (χ1n) is 25.7. The summed E-state index contributed by atoms with van der Waals surface area (Å²) in [6, 6.07) is 44.6. The minimum atomic E-state index is -5.86. The number of benzene rings is 6. The van der Waals surface area contributed by atoms with Crippen LogP contribution < -0.4 is 13.6 Å². The Hall–Kier alpha value is -3.52. The third-order valence-corrected chi connectivity index (χ3v) is 38.4. The van der Waals surface area contributed by atoms with Crippen molar-refractivity contribution in [1.82, 2.24) is 0 Å². The Morgan fingerprint density at radius 1 is 0.485 bits per heavy atom. The molecule has 68 heavy (non-hydrogen) atoms. The Bertz CT molecular complexity index is 2860. The van der Waals surface area contributed by atoms with Crippen molar-refractivity contribution >= 4 is 52.3 Å². The molecular weight excluding hydrogens is 959 g/mol. The van der Waals surface area contributed by atoms with Crippen LogP contribution in [0.25, 0.3) is 45.5 Å². The van der Waals surface area contributed by atoms with E-state index in [1.807, 2.05) is 0 Å². The van der Waals surface area contributed by atoms with Crippen LogP contribution in [0.4, 0.5) is 0 Å². The predicted octanol–water partition coefficient (Wildman–Crippen LogP) is 17.0. The topological polar surface area (TPSA) is 0 Å². The van der Waals surface area contributed by atoms with Gasteiger partial charge in [0.05, 0.1) is 0 Å². The van der Waals surface area contributed by atoms with E-state index in [4.69, 9.17) is 0 Å². The van der Waals surface area contributed by atoms with Gasteiger partial charge in [-0.15, -0.1) is 0 Å². The molecule has 2 atom stereocenters. The molecular formula is C64H75Cl2SiZr. The average Bonchev–Trinajstić information content (AvgIpc) is 3.96. The molecule has 4 heteroatoms. The second kappa shape index (κ2) is 18.0. The zero-order chi connectivity index (χ0) is 48.9. The quantitative estimate of drug-likeness (QED) is 0.113. The van der Waals surface area contributed by atoms with Gasteiger partial charge in [0.1, 0.15) is 0 Å². The van der Waals surface area contributed by atoms with Crippen molar-refractivity contribution in [2.75, 3.05) is 0 Å². The van der Waals surface area contributed by atoms with E-state index in [9.17, 15) is 17.0 Å². The molecule has 9 rings (SSSR count). The van der Waals surface area contributed by atoms with E-state index >= 15 is 0 Å². The standard InChI is InChI=1S/2C26H33.C12H9Si.2ClH.Zr/c2*1-17(2)14-19-15-20-12-13-24(26(5,6)7)25(23(20)16-19)22-11-9-8-10-21(22)18(3)4;1-3-7-11-9(5-1)10-6-2-4-8-12(10)13-11;;;/h2*8-13,15-18H,14H2,1-7H3;1-7H,13H2;2*1H;/q;;;;;+2/p-2. The normalized spacial score (nSPS) is 17.7. The van der Waals surface area contributed by atoms with Crippen LogP contribution in [-0.4, -0.2) is 9.52 Å². The summed E-state index contributed by atoms with van der Waals surface area (Å²) in [5, 5.41) is 2.98. The maximum atomic E-state index is 9.71. The minimum absolute atomic E-state index is 0.0960. The third-order valence-electron chi connectivity index (χ3n) is 15.6. The molecule has 0 amide bonds. The maximum absolute atomic E-state index is 9.71. The summed E-state index contributed by atoms with van der Waals surface area (Å²) in [5.41, 5.74) is 21.6. The Labute approximate surface area is 421 Å². The van der Waals surface area contributed by atoms with Crippen LogP contribution in [-0.2, 0) is 27.2 Å². The Morgan fingerprint density at radius 3 is 1.32 bits per heavy atom. The first kappa shape index (κ1) is 49.5. The van der Waals surface area contributed by atoms with E-state index in [2.05, 4.69) is 224 Å². The second-order valence-corrected chi connectivity index (χ2v) is 46.7. The van der Waals surface area contributed by atoms with Crippen molar-refractivity contribution < 1.29 is 16.4 Å². The van der Waals surface area contributed by atoms with Crippen molar-refractivity contribution in [3.63, 3.8) is 0 Å². The Kier molecular flexibility index (Phi) is 13.1. The van der Waals surface area contributed by atoms with Gasteiger partial charge < -0.3 is 0 Å². The summed E-state index contributed by atoms with van der Waals surface area (Å²) >= 11 is -5.86. The molecule has 0 radical (unpaired) electrons. The molecule has 1 aliphatic heterocycles. The van der Waals surface area contributed by atoms with E-state index in [1.165, 1.54) is 103 Å². The Morgan fingerprint density at radius 2 is 0.897 bits per heavy atom. The molecule has 2 aliphatic carbocycles. The zero-order valence-electron chi connectivity index (χ0n) is 43.5. The first-order valence-corrected chi connectivity index (χ1v) is 37.6. The van der Waals surface area contributed by atoms with Crippen molar-refractivity contribution in [2.24, 2.45) is 11.8 Å². The van der Waals surface area contributed by atoms with Crippen molar-refractivity contribution in [3.05, 3.63) is 171 Å². The molecule has 0 saturated heterocycles. The molecule has 0 spiro atoms. The molecule has 1 heterocycles. The SMILES string of the molecule is CC(C)CC1=Cc2c(ccc(C(C)(C)C)c2-c2ccccc2C(C)C)[CH]1[Zr]([Cl])([Cl])([c]1cccc2c1[SiH2]c1ccccc1-2)[CH]1C(CC(C)C)=Cc2c1ccc(C(C)(C)C)c2-c1ccccc1C(C)C. The van der Waals surface area contributed by atoms with Gasteiger partial charge in [0.2, 0.25) is 0 Å². The molecule has 0 N–H and O–H groups in total. The summed E-state index contributed by atoms with van der Waals surface area (Å²) in [6.07, 6.45) is 7.10. The van der Waals surface area contributed by atoms with Gasteiger partial charge in [0, 0.05) is 0 Å². The van der Waals surface area contributed by atoms with Gasteiger partial charge in [-0.25, -0.2) is 0 Å². The van der Waals surface area contributed by atoms with Crippen LogP contribution in [0.5, 0.6) is 0 Å². The number of hydrogen-bond donors (Lipinski definition) is 0. The summed E-state index contributed by atoms with van der Waals surface area (Å²) < 4.78 is 1.03. The fraction of sp³-hybridized carbons (Fsp3) is 0.375. The molecule has 0 fully saturated rings. The van der Waals surface area contributed by atoms with Crippen molar-refractivity contribution in [3.8, 4) is 33.4 Å². The summed E-state index contributed by atoms with van der Waals surface area (Å²) in [5.74, 6) is 1.55. The second-order valence-electron chi connectivity index (χ2n) is 24.3. The summed E-state index contributed by atoms with van der Waals surface area (Å²) in [4.78, 5) is 0. The van der Waals surface area contributed by atoms with E-state index in [0.29, 0.717) is 23.7 Å². The number of hydrogen-bond acceptors (Lipinski definition) is 0. The van der Waals surface area contributed by atoms with Crippen LogP contribution in [0.3, 0.4) is 0 Å². The average molecular weight is 1030 g/mol. The Balaban J connectivity index is 1.45. The van der Waals surface area contributed by atoms with Crippen molar-refractivity contribution in [1.29, 1.82) is 0 Å². The zero-order valence-corrected chi connectivity index (χ0v) is 48.8. The van der Waals surface area contributed by atoms with Crippen LogP contribution >= 0.6 is 17.0 Å². The monoisotopic (exact) mass is 1030 g/mol. The van der Waals surface area contributed by atoms with E-state index in [-0.39, 0.29) is 18.1 Å². The van der Waals surface area contributed by atoms with Crippen LogP contribution in [0, 0.1) is 11.8 Å². The molecule has 0 saturated carbocycles. The molecule has 6 aromatic carbocycles. The van der Waals surface area contributed by atoms with Crippen molar-refractivity contribution in [2.45, 2.75) is 140 Å². The fourth-order valence-electron chi connectivity index (χ4n) is 12.9. The van der Waals surface area contributed by atoms with E-state index in [1.54, 1.807) is 0 Å². The molecule has 353 valence electrons. The van der Waals surface area contributed by atoms with Gasteiger partial charge in [-0.1, -0.05) is 0 Å². The van der Waals surface area contributed by atoms with E-state index < -0.39 is 25.9 Å². The van der Waals surface area contributed by atoms with E-state index in [0.717, 1.165) is 12.8 Å². The molecule has 3 aliphatic rings. The number of fused-ring (bicyclic) bond motifs is 5. The predicted molar refractivity (Wildman–Crippen MR) is 301 cm³/mol. The molecule has 0 nitrogen and oxygen atoms in total. The first-order chi connectivity index (χ1) is 32.0. The van der Waals surface area contributed by atoms with Gasteiger partial charge in [0.25, 0.3) is 0 Å². The number of allylic oxidation sites excluding steroid dienone is 2. The summed E-state index contributed by atoms with van der Waals surface area (Å²) in [7, 11) is 18.5. The molecule has 0 bridgehead atoms. The van der Waals surface area contributed by atoms with Gasteiger partial charge >= 0.3 is 425 Å². The van der Waals surface area contributed by atoms with Crippen LogP contribution in [0.2, 0.25) is 0 Å². The molecule has 0 aromatic heterocycles. The number of rotatable bonds is 11. The van der Waals surface area contributed by atoms with Gasteiger partial charge in [-0.3, -0.25) is 0 Å². The van der Waals surface area contributed by atoms with Crippen LogP contribution in [0.15, 0.2) is 126 Å². The third kappa shape index (κ3) is 8.22. The number of halogens is 2. The van der Waals surface area contributed by atoms with Gasteiger partial charge in [0.15, 0.2) is 0 Å². The van der Waals surface area contributed by atoms with Crippen LogP contribution in [0.1, 0.15) is 173 Å². The van der Waals surface area contributed by atoms with Gasteiger partial charge in [-0.05, 0) is 0 Å². The molecule has 6 aromatic rings.